The van der Waals surface area contributed by atoms with Crippen LogP contribution in [-0.4, -0.2) is 47.6 Å². The minimum absolute atomic E-state index is 0.000649. The molecular weight excluding hydrogens is 564 g/mol. The number of aliphatic hydroxyl groups is 2. The van der Waals surface area contributed by atoms with Crippen LogP contribution in [0.4, 0.5) is 0 Å². The molecule has 0 aromatic rings. The second-order valence-electron chi connectivity index (χ2n) is 11.9. The highest BCUT2D eigenvalue weighted by Gasteiger charge is 2.17. The molecule has 0 aromatic carbocycles. The summed E-state index contributed by atoms with van der Waals surface area (Å²) in [7, 11) is 0. The van der Waals surface area contributed by atoms with Crippen molar-refractivity contribution in [2.75, 3.05) is 13.2 Å². The van der Waals surface area contributed by atoms with Crippen LogP contribution in [0.3, 0.4) is 0 Å². The minimum atomic E-state index is -0.897. The van der Waals surface area contributed by atoms with E-state index in [1.165, 1.54) is 38.5 Å². The zero-order valence-electron chi connectivity index (χ0n) is 28.6. The Morgan fingerprint density at radius 2 is 1.18 bits per heavy atom. The Kier molecular flexibility index (Phi) is 30.7. The highest BCUT2D eigenvalue weighted by molar-refractivity contribution is 5.70. The predicted octanol–water partition coefficient (Wildman–Crippen LogP) is 9.44. The van der Waals surface area contributed by atoms with Crippen LogP contribution in [0.25, 0.3) is 0 Å². The van der Waals surface area contributed by atoms with Crippen LogP contribution >= 0.6 is 0 Å². The molecule has 0 bridgehead atoms. The largest absolute Gasteiger partial charge is 0.462 e. The van der Waals surface area contributed by atoms with Crippen molar-refractivity contribution in [2.24, 2.45) is 5.92 Å². The van der Waals surface area contributed by atoms with Crippen LogP contribution in [0.5, 0.6) is 0 Å². The van der Waals surface area contributed by atoms with E-state index >= 15 is 0 Å². The summed E-state index contributed by atoms with van der Waals surface area (Å²) in [6, 6.07) is 0. The molecule has 0 spiro atoms. The predicted molar refractivity (Wildman–Crippen MR) is 188 cm³/mol. The van der Waals surface area contributed by atoms with Crippen molar-refractivity contribution in [1.82, 2.24) is 0 Å². The molecule has 0 aliphatic heterocycles. The molecule has 0 rings (SSSR count). The summed E-state index contributed by atoms with van der Waals surface area (Å²) in [5.74, 6) is -0.0943. The molecule has 6 nitrogen and oxygen atoms in total. The van der Waals surface area contributed by atoms with Crippen molar-refractivity contribution in [3.8, 4) is 0 Å². The molecule has 45 heavy (non-hydrogen) atoms. The van der Waals surface area contributed by atoms with E-state index in [0.29, 0.717) is 6.42 Å². The van der Waals surface area contributed by atoms with Gasteiger partial charge in [-0.1, -0.05) is 145 Å². The molecule has 0 saturated heterocycles. The number of carbonyl (C=O) groups excluding carboxylic acids is 2. The summed E-state index contributed by atoms with van der Waals surface area (Å²) in [5, 5.41) is 19.6. The molecule has 0 aliphatic rings. The lowest BCUT2D eigenvalue weighted by atomic mass is 10.0. The van der Waals surface area contributed by atoms with Crippen molar-refractivity contribution in [3.05, 3.63) is 72.9 Å². The molecule has 0 aliphatic carbocycles. The van der Waals surface area contributed by atoms with Gasteiger partial charge in [-0.3, -0.25) is 9.59 Å². The van der Waals surface area contributed by atoms with Crippen LogP contribution < -0.4 is 0 Å². The summed E-state index contributed by atoms with van der Waals surface area (Å²) >= 11 is 0. The van der Waals surface area contributed by atoms with Crippen molar-refractivity contribution in [2.45, 2.75) is 142 Å². The number of unbranched alkanes of at least 4 members (excludes halogenated alkanes) is 7. The van der Waals surface area contributed by atoms with Crippen LogP contribution in [0.1, 0.15) is 130 Å². The van der Waals surface area contributed by atoms with Gasteiger partial charge in [0.2, 0.25) is 0 Å². The van der Waals surface area contributed by atoms with Gasteiger partial charge in [0.25, 0.3) is 0 Å². The second kappa shape index (κ2) is 32.7. The van der Waals surface area contributed by atoms with Gasteiger partial charge < -0.3 is 19.7 Å². The van der Waals surface area contributed by atoms with Gasteiger partial charge in [-0.15, -0.1) is 0 Å². The summed E-state index contributed by atoms with van der Waals surface area (Å²) in [4.78, 5) is 24.1. The van der Waals surface area contributed by atoms with Crippen molar-refractivity contribution >= 4 is 11.9 Å². The Bertz CT molecular complexity index is 880. The van der Waals surface area contributed by atoms with Gasteiger partial charge in [-0.2, -0.15) is 0 Å². The zero-order valence-corrected chi connectivity index (χ0v) is 28.6. The van der Waals surface area contributed by atoms with Gasteiger partial charge >= 0.3 is 11.9 Å². The zero-order chi connectivity index (χ0) is 33.2. The van der Waals surface area contributed by atoms with Gasteiger partial charge in [0.15, 0.2) is 6.10 Å². The highest BCUT2D eigenvalue weighted by Crippen LogP contribution is 2.13. The van der Waals surface area contributed by atoms with E-state index in [2.05, 4.69) is 69.4 Å². The number of hydrogen-bond acceptors (Lipinski definition) is 6. The van der Waals surface area contributed by atoms with Crippen LogP contribution in [0, 0.1) is 5.92 Å². The number of esters is 2. The minimum Gasteiger partial charge on any atom is -0.462 e. The van der Waals surface area contributed by atoms with Crippen LogP contribution in [0.15, 0.2) is 72.9 Å². The Hall–Kier alpha value is -2.70. The topological polar surface area (TPSA) is 93.1 Å². The Balaban J connectivity index is 3.90. The maximum Gasteiger partial charge on any atom is 0.306 e. The third kappa shape index (κ3) is 32.5. The maximum atomic E-state index is 12.1. The molecule has 0 aromatic heterocycles. The third-order valence-corrected chi connectivity index (χ3v) is 7.06. The summed E-state index contributed by atoms with van der Waals surface area (Å²) < 4.78 is 10.4. The first-order valence-corrected chi connectivity index (χ1v) is 17.5. The molecule has 0 radical (unpaired) electrons. The lowest BCUT2D eigenvalue weighted by Gasteiger charge is -2.16. The molecule has 0 saturated carbocycles. The second-order valence-corrected chi connectivity index (χ2v) is 11.9. The fourth-order valence-corrected chi connectivity index (χ4v) is 4.38. The van der Waals surface area contributed by atoms with Crippen LogP contribution in [0.2, 0.25) is 0 Å². The average molecular weight is 629 g/mol. The van der Waals surface area contributed by atoms with Gasteiger partial charge in [-0.25, -0.2) is 0 Å². The first kappa shape index (κ1) is 42.3. The van der Waals surface area contributed by atoms with Crippen molar-refractivity contribution in [1.29, 1.82) is 0 Å². The van der Waals surface area contributed by atoms with Gasteiger partial charge in [0.05, 0.1) is 12.7 Å². The average Bonchev–Trinajstić information content (AvgIpc) is 3.02. The SMILES string of the molecule is CC/C=C\C/C=C\C/C=C\C/C=C\C/C=C\C=C/C(O)CCC(=O)O[C@@H](CO)COC(=O)CCCCCCCCCCC(C)C. The highest BCUT2D eigenvalue weighted by atomic mass is 16.6. The summed E-state index contributed by atoms with van der Waals surface area (Å²) in [5.41, 5.74) is 0. The molecule has 0 heterocycles. The summed E-state index contributed by atoms with van der Waals surface area (Å²) in [6.45, 7) is 6.08. The quantitative estimate of drug-likeness (QED) is 0.0371. The first-order chi connectivity index (χ1) is 21.9. The smallest absolute Gasteiger partial charge is 0.306 e. The number of carbonyl (C=O) groups is 2. The fraction of sp³-hybridized carbons (Fsp3) is 0.641. The molecule has 1 unspecified atom stereocenters. The van der Waals surface area contributed by atoms with E-state index in [1.807, 2.05) is 12.2 Å². The van der Waals surface area contributed by atoms with Crippen molar-refractivity contribution in [3.63, 3.8) is 0 Å². The Morgan fingerprint density at radius 3 is 1.73 bits per heavy atom. The third-order valence-electron chi connectivity index (χ3n) is 7.06. The Labute approximate surface area is 275 Å². The number of aliphatic hydroxyl groups excluding tert-OH is 2. The Morgan fingerprint density at radius 1 is 0.644 bits per heavy atom. The normalized spacial score (nSPS) is 13.9. The van der Waals surface area contributed by atoms with E-state index < -0.39 is 24.8 Å². The maximum absolute atomic E-state index is 12.1. The van der Waals surface area contributed by atoms with Gasteiger partial charge in [0.1, 0.15) is 6.61 Å². The summed E-state index contributed by atoms with van der Waals surface area (Å²) in [6.07, 6.45) is 38.7. The van der Waals surface area contributed by atoms with E-state index in [0.717, 1.165) is 57.3 Å². The molecule has 6 heteroatoms. The first-order valence-electron chi connectivity index (χ1n) is 17.5. The van der Waals surface area contributed by atoms with Crippen LogP contribution in [-0.2, 0) is 19.1 Å². The van der Waals surface area contributed by atoms with E-state index in [4.69, 9.17) is 9.47 Å². The number of rotatable bonds is 29. The molecule has 0 amide bonds. The lowest BCUT2D eigenvalue weighted by molar-refractivity contribution is -0.161. The standard InChI is InChI=1S/C39H64O6/c1-4-5-6-7-8-9-10-11-12-13-14-15-16-20-23-26-29-36(41)31-32-39(43)45-37(33-40)34-44-38(42)30-27-24-21-18-17-19-22-25-28-35(2)3/h5-6,8-9,11-12,14-15,20,23,26,29,35-37,40-41H,4,7,10,13,16-19,21-22,24-25,27-28,30-34H2,1-3H3/b6-5-,9-8-,12-11-,15-14-,23-20-,29-26-/t36?,37-/m0/s1. The number of ether oxygens (including phenoxy) is 2. The monoisotopic (exact) mass is 628 g/mol. The molecule has 2 atom stereocenters. The van der Waals surface area contributed by atoms with Crippen molar-refractivity contribution < 1.29 is 29.3 Å². The van der Waals surface area contributed by atoms with Gasteiger partial charge in [0, 0.05) is 12.8 Å². The van der Waals surface area contributed by atoms with E-state index in [-0.39, 0.29) is 25.4 Å². The van der Waals surface area contributed by atoms with Gasteiger partial charge in [-0.05, 0) is 50.9 Å². The number of hydrogen-bond donors (Lipinski definition) is 2. The van der Waals surface area contributed by atoms with E-state index in [1.54, 1.807) is 12.2 Å². The lowest BCUT2D eigenvalue weighted by Crippen LogP contribution is -2.28. The number of allylic oxidation sites excluding steroid dienone is 11. The molecule has 256 valence electrons. The molecule has 0 fully saturated rings. The van der Waals surface area contributed by atoms with E-state index in [9.17, 15) is 19.8 Å². The molecular formula is C39H64O6. The fourth-order valence-electron chi connectivity index (χ4n) is 4.38. The molecule has 2 N–H and O–H groups in total.